The van der Waals surface area contributed by atoms with Gasteiger partial charge in [0.15, 0.2) is 0 Å². The van der Waals surface area contributed by atoms with Gasteiger partial charge < -0.3 is 4.74 Å². The van der Waals surface area contributed by atoms with E-state index < -0.39 is 17.8 Å². The molecule has 0 saturated carbocycles. The minimum absolute atomic E-state index is 0.0801. The summed E-state index contributed by atoms with van der Waals surface area (Å²) in [6.45, 7) is 1.68. The quantitative estimate of drug-likeness (QED) is 0.734. The summed E-state index contributed by atoms with van der Waals surface area (Å²) < 4.78 is 54.8. The van der Waals surface area contributed by atoms with Crippen molar-refractivity contribution in [1.29, 1.82) is 0 Å². The van der Waals surface area contributed by atoms with E-state index in [4.69, 9.17) is 11.6 Å². The lowest BCUT2D eigenvalue weighted by Gasteiger charge is -2.23. The highest BCUT2D eigenvalue weighted by Gasteiger charge is 2.55. The van der Waals surface area contributed by atoms with E-state index in [1.807, 2.05) is 0 Å². The van der Waals surface area contributed by atoms with Crippen LogP contribution in [0.4, 0.5) is 17.6 Å². The van der Waals surface area contributed by atoms with Crippen LogP contribution in [0.15, 0.2) is 18.2 Å². The fraction of sp³-hybridized carbons (Fsp3) is 0.400. The second-order valence-corrected chi connectivity index (χ2v) is 3.85. The summed E-state index contributed by atoms with van der Waals surface area (Å²) in [6.07, 6.45) is -4.59. The Morgan fingerprint density at radius 2 is 1.75 bits per heavy atom. The van der Waals surface area contributed by atoms with E-state index in [2.05, 4.69) is 4.74 Å². The number of halogens is 5. The molecule has 0 saturated heterocycles. The normalized spacial score (nSPS) is 12.7. The van der Waals surface area contributed by atoms with Gasteiger partial charge in [0.05, 0.1) is 5.02 Å². The SMILES string of the molecule is Cc1ccc(Cl)c(OC(F)(F)C(C)(F)F)c1. The minimum atomic E-state index is -4.59. The van der Waals surface area contributed by atoms with E-state index in [9.17, 15) is 17.6 Å². The highest BCUT2D eigenvalue weighted by atomic mass is 35.5. The van der Waals surface area contributed by atoms with Gasteiger partial charge in [0, 0.05) is 6.92 Å². The zero-order chi connectivity index (χ0) is 12.6. The number of hydrogen-bond donors (Lipinski definition) is 0. The van der Waals surface area contributed by atoms with E-state index in [1.165, 1.54) is 12.1 Å². The number of aryl methyl sites for hydroxylation is 1. The molecule has 6 heteroatoms. The topological polar surface area (TPSA) is 9.23 Å². The zero-order valence-corrected chi connectivity index (χ0v) is 9.29. The van der Waals surface area contributed by atoms with Crippen molar-refractivity contribution in [3.8, 4) is 5.75 Å². The van der Waals surface area contributed by atoms with Crippen molar-refractivity contribution in [2.45, 2.75) is 25.9 Å². The molecule has 0 heterocycles. The van der Waals surface area contributed by atoms with Crippen LogP contribution in [0.5, 0.6) is 5.75 Å². The maximum Gasteiger partial charge on any atom is 0.463 e. The number of alkyl halides is 4. The molecule has 1 aromatic rings. The summed E-state index contributed by atoms with van der Waals surface area (Å²) >= 11 is 5.55. The second kappa shape index (κ2) is 4.13. The van der Waals surface area contributed by atoms with E-state index in [0.29, 0.717) is 5.56 Å². The second-order valence-electron chi connectivity index (χ2n) is 3.44. The van der Waals surface area contributed by atoms with Crippen LogP contribution in [0.25, 0.3) is 0 Å². The van der Waals surface area contributed by atoms with Gasteiger partial charge in [0.25, 0.3) is 0 Å². The molecule has 90 valence electrons. The minimum Gasteiger partial charge on any atom is -0.426 e. The predicted octanol–water partition coefficient (Wildman–Crippen LogP) is 4.28. The van der Waals surface area contributed by atoms with Gasteiger partial charge in [-0.2, -0.15) is 17.6 Å². The van der Waals surface area contributed by atoms with Gasteiger partial charge in [0.2, 0.25) is 0 Å². The van der Waals surface area contributed by atoms with Gasteiger partial charge in [-0.15, -0.1) is 0 Å². The van der Waals surface area contributed by atoms with Gasteiger partial charge in [-0.3, -0.25) is 0 Å². The molecule has 0 spiro atoms. The zero-order valence-electron chi connectivity index (χ0n) is 8.53. The van der Waals surface area contributed by atoms with Crippen molar-refractivity contribution in [2.75, 3.05) is 0 Å². The highest BCUT2D eigenvalue weighted by Crippen LogP contribution is 2.38. The van der Waals surface area contributed by atoms with Crippen molar-refractivity contribution in [1.82, 2.24) is 0 Å². The lowest BCUT2D eigenvalue weighted by atomic mass is 10.2. The molecule has 1 aromatic carbocycles. The fourth-order valence-corrected chi connectivity index (χ4v) is 1.07. The molecular formula is C10H9ClF4O. The molecule has 0 amide bonds. The van der Waals surface area contributed by atoms with Crippen LogP contribution >= 0.6 is 11.6 Å². The summed E-state index contributed by atoms with van der Waals surface area (Å²) in [5.74, 6) is -4.74. The first-order chi connectivity index (χ1) is 7.13. The number of ether oxygens (including phenoxy) is 1. The van der Waals surface area contributed by atoms with Crippen molar-refractivity contribution in [3.63, 3.8) is 0 Å². The third-order valence-electron chi connectivity index (χ3n) is 1.84. The predicted molar refractivity (Wildman–Crippen MR) is 52.4 cm³/mol. The molecule has 1 nitrogen and oxygen atoms in total. The summed E-state index contributed by atoms with van der Waals surface area (Å²) in [5.41, 5.74) is 0.578. The average Bonchev–Trinajstić information content (AvgIpc) is 2.09. The molecule has 16 heavy (non-hydrogen) atoms. The third-order valence-corrected chi connectivity index (χ3v) is 2.15. The van der Waals surface area contributed by atoms with Gasteiger partial charge in [-0.1, -0.05) is 17.7 Å². The first kappa shape index (κ1) is 13.1. The molecule has 0 fully saturated rings. The van der Waals surface area contributed by atoms with Crippen molar-refractivity contribution < 1.29 is 22.3 Å². The largest absolute Gasteiger partial charge is 0.463 e. The third kappa shape index (κ3) is 2.78. The van der Waals surface area contributed by atoms with Crippen LogP contribution in [0.3, 0.4) is 0 Å². The maximum atomic E-state index is 12.9. The van der Waals surface area contributed by atoms with Crippen LogP contribution in [0.2, 0.25) is 5.02 Å². The highest BCUT2D eigenvalue weighted by molar-refractivity contribution is 6.32. The summed E-state index contributed by atoms with van der Waals surface area (Å²) in [4.78, 5) is 0. The lowest BCUT2D eigenvalue weighted by molar-refractivity contribution is -0.301. The molecular weight excluding hydrogens is 248 g/mol. The van der Waals surface area contributed by atoms with Crippen LogP contribution in [0, 0.1) is 6.92 Å². The summed E-state index contributed by atoms with van der Waals surface area (Å²) in [7, 11) is 0. The molecule has 0 aromatic heterocycles. The van der Waals surface area contributed by atoms with E-state index in [0.717, 1.165) is 0 Å². The van der Waals surface area contributed by atoms with Gasteiger partial charge in [-0.25, -0.2) is 0 Å². The van der Waals surface area contributed by atoms with Gasteiger partial charge in [0.1, 0.15) is 5.75 Å². The first-order valence-corrected chi connectivity index (χ1v) is 4.72. The van der Waals surface area contributed by atoms with Crippen molar-refractivity contribution >= 4 is 11.6 Å². The average molecular weight is 257 g/mol. The molecule has 0 aliphatic rings. The molecule has 0 radical (unpaired) electrons. The molecule has 1 rings (SSSR count). The van der Waals surface area contributed by atoms with Gasteiger partial charge in [-0.05, 0) is 24.6 Å². The Labute approximate surface area is 95.0 Å². The Morgan fingerprint density at radius 3 is 2.25 bits per heavy atom. The van der Waals surface area contributed by atoms with Crippen LogP contribution in [-0.4, -0.2) is 12.0 Å². The summed E-state index contributed by atoms with van der Waals surface area (Å²) in [6, 6.07) is 4.02. The molecule has 0 aliphatic carbocycles. The van der Waals surface area contributed by atoms with Crippen LogP contribution < -0.4 is 4.74 Å². The molecule has 0 bridgehead atoms. The maximum absolute atomic E-state index is 12.9. The standard InChI is InChI=1S/C10H9ClF4O/c1-6-3-4-7(11)8(5-6)16-10(14,15)9(2,12)13/h3-5H,1-2H3. The monoisotopic (exact) mass is 256 g/mol. The lowest BCUT2D eigenvalue weighted by Crippen LogP contribution is -2.43. The smallest absolute Gasteiger partial charge is 0.426 e. The molecule has 0 N–H and O–H groups in total. The number of benzene rings is 1. The Bertz CT molecular complexity index is 387. The van der Waals surface area contributed by atoms with E-state index in [1.54, 1.807) is 13.0 Å². The first-order valence-electron chi connectivity index (χ1n) is 4.34. The Kier molecular flexibility index (Phi) is 3.38. The van der Waals surface area contributed by atoms with Gasteiger partial charge >= 0.3 is 12.0 Å². The van der Waals surface area contributed by atoms with E-state index in [-0.39, 0.29) is 11.9 Å². The van der Waals surface area contributed by atoms with Crippen molar-refractivity contribution in [3.05, 3.63) is 28.8 Å². The number of rotatable bonds is 3. The van der Waals surface area contributed by atoms with Crippen molar-refractivity contribution in [2.24, 2.45) is 0 Å². The number of hydrogen-bond acceptors (Lipinski definition) is 1. The van der Waals surface area contributed by atoms with E-state index >= 15 is 0 Å². The summed E-state index contributed by atoms with van der Waals surface area (Å²) in [5, 5.41) is -0.144. The van der Waals surface area contributed by atoms with Crippen LogP contribution in [0.1, 0.15) is 12.5 Å². The fourth-order valence-electron chi connectivity index (χ4n) is 0.916. The molecule has 0 atom stereocenters. The van der Waals surface area contributed by atoms with Crippen LogP contribution in [-0.2, 0) is 0 Å². The Hall–Kier alpha value is -0.970. The molecule has 0 unspecified atom stereocenters. The Balaban J connectivity index is 3.01. The Morgan fingerprint density at radius 1 is 1.19 bits per heavy atom. The molecule has 0 aliphatic heterocycles.